The van der Waals surface area contributed by atoms with Crippen LogP contribution in [0.25, 0.3) is 0 Å². The number of esters is 1. The van der Waals surface area contributed by atoms with Crippen LogP contribution in [-0.4, -0.2) is 30.7 Å². The lowest BCUT2D eigenvalue weighted by atomic mass is 10.1. The number of nitro benzene ring substituents is 1. The zero-order valence-corrected chi connectivity index (χ0v) is 15.5. The van der Waals surface area contributed by atoms with E-state index < -0.39 is 17.2 Å². The van der Waals surface area contributed by atoms with Gasteiger partial charge in [-0.2, -0.15) is 0 Å². The molecule has 1 fully saturated rings. The van der Waals surface area contributed by atoms with Crippen LogP contribution in [-0.2, 0) is 20.7 Å². The second-order valence-corrected chi connectivity index (χ2v) is 6.14. The van der Waals surface area contributed by atoms with E-state index in [1.54, 1.807) is 30.3 Å². The van der Waals surface area contributed by atoms with Gasteiger partial charge in [0.15, 0.2) is 6.29 Å². The normalized spacial score (nSPS) is 14.5. The van der Waals surface area contributed by atoms with Crippen LogP contribution in [0.1, 0.15) is 30.8 Å². The van der Waals surface area contributed by atoms with E-state index in [2.05, 4.69) is 0 Å². The highest BCUT2D eigenvalue weighted by atomic mass is 16.7. The fraction of sp³-hybridized carbons (Fsp3) is 0.350. The van der Waals surface area contributed by atoms with E-state index in [4.69, 9.17) is 18.9 Å². The van der Waals surface area contributed by atoms with Gasteiger partial charge in [0.2, 0.25) is 5.75 Å². The quantitative estimate of drug-likeness (QED) is 0.310. The first kappa shape index (κ1) is 19.8. The van der Waals surface area contributed by atoms with Crippen molar-refractivity contribution < 1.29 is 28.7 Å². The number of hydrogen-bond acceptors (Lipinski definition) is 7. The molecule has 0 unspecified atom stereocenters. The molecule has 1 aliphatic rings. The van der Waals surface area contributed by atoms with Gasteiger partial charge in [-0.15, -0.1) is 0 Å². The van der Waals surface area contributed by atoms with Crippen molar-refractivity contribution in [3.05, 3.63) is 63.7 Å². The summed E-state index contributed by atoms with van der Waals surface area (Å²) in [5.74, 6) is 0.00340. The summed E-state index contributed by atoms with van der Waals surface area (Å²) in [5.41, 5.74) is 0.921. The molecule has 2 aromatic rings. The fourth-order valence-corrected chi connectivity index (χ4v) is 2.79. The number of ether oxygens (including phenoxy) is 4. The molecule has 1 heterocycles. The highest BCUT2D eigenvalue weighted by molar-refractivity contribution is 5.76. The van der Waals surface area contributed by atoms with Crippen molar-refractivity contribution in [1.29, 1.82) is 0 Å². The molecule has 148 valence electrons. The van der Waals surface area contributed by atoms with Gasteiger partial charge in [0, 0.05) is 11.6 Å². The SMILES string of the molecule is CCOc1ccc(CC(=O)Oc2ccc(C3OCCCO3)cc2[N+](=O)[O-])cc1. The Hall–Kier alpha value is -2.97. The Morgan fingerprint density at radius 2 is 1.89 bits per heavy atom. The molecule has 8 heteroatoms. The summed E-state index contributed by atoms with van der Waals surface area (Å²) in [7, 11) is 0. The lowest BCUT2D eigenvalue weighted by Gasteiger charge is -2.23. The van der Waals surface area contributed by atoms with Gasteiger partial charge in [-0.05, 0) is 43.2 Å². The van der Waals surface area contributed by atoms with Crippen LogP contribution in [0.4, 0.5) is 5.69 Å². The number of nitrogens with zero attached hydrogens (tertiary/aromatic N) is 1. The molecule has 0 aliphatic carbocycles. The molecule has 0 N–H and O–H groups in total. The predicted molar refractivity (Wildman–Crippen MR) is 99.3 cm³/mol. The summed E-state index contributed by atoms with van der Waals surface area (Å²) in [5, 5.41) is 11.4. The van der Waals surface area contributed by atoms with E-state index in [1.807, 2.05) is 6.92 Å². The van der Waals surface area contributed by atoms with Gasteiger partial charge in [0.05, 0.1) is 31.2 Å². The van der Waals surface area contributed by atoms with E-state index in [0.717, 1.165) is 12.0 Å². The van der Waals surface area contributed by atoms with E-state index >= 15 is 0 Å². The van der Waals surface area contributed by atoms with Crippen molar-refractivity contribution in [3.8, 4) is 11.5 Å². The van der Waals surface area contributed by atoms with Gasteiger partial charge in [-0.1, -0.05) is 12.1 Å². The minimum Gasteiger partial charge on any atom is -0.494 e. The van der Waals surface area contributed by atoms with Crippen LogP contribution in [0.2, 0.25) is 0 Å². The van der Waals surface area contributed by atoms with Crippen LogP contribution in [0.15, 0.2) is 42.5 Å². The Kier molecular flexibility index (Phi) is 6.57. The highest BCUT2D eigenvalue weighted by Gasteiger charge is 2.24. The van der Waals surface area contributed by atoms with Crippen molar-refractivity contribution in [2.75, 3.05) is 19.8 Å². The Morgan fingerprint density at radius 3 is 2.54 bits per heavy atom. The van der Waals surface area contributed by atoms with Crippen LogP contribution in [0.5, 0.6) is 11.5 Å². The van der Waals surface area contributed by atoms with E-state index in [9.17, 15) is 14.9 Å². The first-order valence-electron chi connectivity index (χ1n) is 9.00. The molecule has 3 rings (SSSR count). The second kappa shape index (κ2) is 9.29. The smallest absolute Gasteiger partial charge is 0.315 e. The maximum absolute atomic E-state index is 12.2. The van der Waals surface area contributed by atoms with Gasteiger partial charge in [-0.25, -0.2) is 0 Å². The first-order valence-corrected chi connectivity index (χ1v) is 9.00. The van der Waals surface area contributed by atoms with Gasteiger partial charge in [0.1, 0.15) is 5.75 Å². The monoisotopic (exact) mass is 387 g/mol. The lowest BCUT2D eigenvalue weighted by molar-refractivity contribution is -0.385. The summed E-state index contributed by atoms with van der Waals surface area (Å²) in [6.45, 7) is 3.49. The molecule has 8 nitrogen and oxygen atoms in total. The van der Waals surface area contributed by atoms with E-state index in [0.29, 0.717) is 31.1 Å². The third-order valence-corrected chi connectivity index (χ3v) is 4.09. The maximum Gasteiger partial charge on any atom is 0.315 e. The molecular formula is C20H21NO7. The third kappa shape index (κ3) is 5.05. The lowest BCUT2D eigenvalue weighted by Crippen LogP contribution is -2.18. The molecule has 0 spiro atoms. The van der Waals surface area contributed by atoms with Crippen molar-refractivity contribution >= 4 is 11.7 Å². The largest absolute Gasteiger partial charge is 0.494 e. The predicted octanol–water partition coefficient (Wildman–Crippen LogP) is 3.58. The third-order valence-electron chi connectivity index (χ3n) is 4.09. The molecule has 0 atom stereocenters. The van der Waals surface area contributed by atoms with Crippen LogP contribution in [0, 0.1) is 10.1 Å². The minimum absolute atomic E-state index is 0.0137. The summed E-state index contributed by atoms with van der Waals surface area (Å²) in [6.07, 6.45) is 0.112. The van der Waals surface area contributed by atoms with Crippen LogP contribution < -0.4 is 9.47 Å². The first-order chi connectivity index (χ1) is 13.6. The number of carbonyl (C=O) groups is 1. The molecular weight excluding hydrogens is 366 g/mol. The molecule has 0 bridgehead atoms. The van der Waals surface area contributed by atoms with Gasteiger partial charge in [0.25, 0.3) is 0 Å². The maximum atomic E-state index is 12.2. The average Bonchev–Trinajstić information content (AvgIpc) is 2.70. The zero-order valence-electron chi connectivity index (χ0n) is 15.5. The number of hydrogen-bond donors (Lipinski definition) is 0. The van der Waals surface area contributed by atoms with Crippen LogP contribution in [0.3, 0.4) is 0 Å². The highest BCUT2D eigenvalue weighted by Crippen LogP contribution is 2.33. The molecule has 28 heavy (non-hydrogen) atoms. The number of carbonyl (C=O) groups excluding carboxylic acids is 1. The van der Waals surface area contributed by atoms with Gasteiger partial charge >= 0.3 is 11.7 Å². The van der Waals surface area contributed by atoms with Crippen molar-refractivity contribution in [3.63, 3.8) is 0 Å². The molecule has 1 aliphatic heterocycles. The molecule has 1 saturated heterocycles. The Bertz CT molecular complexity index is 829. The molecule has 0 amide bonds. The van der Waals surface area contributed by atoms with Crippen molar-refractivity contribution in [2.24, 2.45) is 0 Å². The number of benzene rings is 2. The second-order valence-electron chi connectivity index (χ2n) is 6.14. The zero-order chi connectivity index (χ0) is 19.9. The number of nitro groups is 1. The van der Waals surface area contributed by atoms with Crippen molar-refractivity contribution in [1.82, 2.24) is 0 Å². The molecule has 0 radical (unpaired) electrons. The fourth-order valence-electron chi connectivity index (χ4n) is 2.79. The van der Waals surface area contributed by atoms with Gasteiger partial charge < -0.3 is 18.9 Å². The minimum atomic E-state index is -0.652. The molecule has 0 aromatic heterocycles. The van der Waals surface area contributed by atoms with Gasteiger partial charge in [-0.3, -0.25) is 14.9 Å². The number of rotatable bonds is 7. The van der Waals surface area contributed by atoms with E-state index in [-0.39, 0.29) is 17.9 Å². The average molecular weight is 387 g/mol. The van der Waals surface area contributed by atoms with Crippen LogP contribution >= 0.6 is 0 Å². The Labute approximate surface area is 162 Å². The van der Waals surface area contributed by atoms with E-state index in [1.165, 1.54) is 12.1 Å². The summed E-state index contributed by atoms with van der Waals surface area (Å²) in [4.78, 5) is 23.1. The molecule has 0 saturated carbocycles. The summed E-state index contributed by atoms with van der Waals surface area (Å²) < 4.78 is 21.5. The van der Waals surface area contributed by atoms with Crippen molar-refractivity contribution in [2.45, 2.75) is 26.1 Å². The Balaban J connectivity index is 1.69. The Morgan fingerprint density at radius 1 is 1.18 bits per heavy atom. The molecule has 2 aromatic carbocycles. The topological polar surface area (TPSA) is 97.1 Å². The summed E-state index contributed by atoms with van der Waals surface area (Å²) >= 11 is 0. The summed E-state index contributed by atoms with van der Waals surface area (Å²) in [6, 6.07) is 11.3. The standard InChI is InChI=1S/C20H21NO7/c1-2-25-16-7-4-14(5-8-16)12-19(22)28-18-9-6-15(13-17(18)21(23)24)20-26-10-3-11-27-20/h4-9,13,20H,2-3,10-12H2,1H3.